The Morgan fingerprint density at radius 2 is 1.22 bits per heavy atom. The van der Waals surface area contributed by atoms with Gasteiger partial charge in [-0.25, -0.2) is 0 Å². The number of hydrogen-bond acceptors (Lipinski definition) is 3. The zero-order valence-electron chi connectivity index (χ0n) is 5.83. The molecule has 0 aliphatic carbocycles. The second-order valence-corrected chi connectivity index (χ2v) is 1.68. The Bertz CT molecular complexity index is 26.2. The summed E-state index contributed by atoms with van der Waals surface area (Å²) in [5, 5.41) is 0. The van der Waals surface area contributed by atoms with Crippen LogP contribution in [0.2, 0.25) is 0 Å². The van der Waals surface area contributed by atoms with E-state index in [4.69, 9.17) is 0 Å². The van der Waals surface area contributed by atoms with Crippen LogP contribution in [0.3, 0.4) is 0 Å². The number of rotatable bonds is 1. The maximum Gasteiger partial charge on any atom is 4.00 e. The van der Waals surface area contributed by atoms with Crippen LogP contribution in [-0.4, -0.2) is 16.4 Å². The van der Waals surface area contributed by atoms with Gasteiger partial charge in [-0.3, -0.25) is 0 Å². The van der Waals surface area contributed by atoms with Crippen molar-refractivity contribution < 1.29 is 38.1 Å². The largest absolute Gasteiger partial charge is 4.00 e. The van der Waals surface area contributed by atoms with Crippen LogP contribution >= 0.6 is 0 Å². The van der Waals surface area contributed by atoms with Gasteiger partial charge in [-0.05, 0) is 0 Å². The Kier molecular flexibility index (Phi) is 87.6. The Morgan fingerprint density at radius 3 is 1.22 bits per heavy atom. The topological polar surface area (TPSA) is 90.0 Å². The standard InChI is InChI=1S/C5H11.3H2O.Ti/c1-4-5(2)3;;;;/h5H,1,4H2,2-3H3;3*1H2;/q-1;;;;+4/p-3. The quantitative estimate of drug-likeness (QED) is 0.439. The van der Waals surface area contributed by atoms with Crippen molar-refractivity contribution in [2.24, 2.45) is 5.92 Å². The first-order chi connectivity index (χ1) is 2.27. The molecule has 56 valence electrons. The van der Waals surface area contributed by atoms with E-state index in [2.05, 4.69) is 20.8 Å². The van der Waals surface area contributed by atoms with Crippen molar-refractivity contribution in [3.05, 3.63) is 6.92 Å². The second-order valence-electron chi connectivity index (χ2n) is 1.68. The Labute approximate surface area is 71.6 Å². The van der Waals surface area contributed by atoms with E-state index in [0.29, 0.717) is 0 Å². The van der Waals surface area contributed by atoms with Crippen molar-refractivity contribution >= 4 is 0 Å². The van der Waals surface area contributed by atoms with Crippen LogP contribution in [0.5, 0.6) is 0 Å². The summed E-state index contributed by atoms with van der Waals surface area (Å²) in [4.78, 5) is 0. The van der Waals surface area contributed by atoms with Gasteiger partial charge in [0.15, 0.2) is 0 Å². The third-order valence-corrected chi connectivity index (χ3v) is 0.577. The molecular weight excluding hydrogens is 156 g/mol. The average molecular weight is 170 g/mol. The van der Waals surface area contributed by atoms with E-state index in [1.165, 1.54) is 0 Å². The minimum Gasteiger partial charge on any atom is -0.870 e. The molecule has 0 spiro atoms. The zero-order valence-corrected chi connectivity index (χ0v) is 7.39. The molecule has 0 radical (unpaired) electrons. The van der Waals surface area contributed by atoms with Gasteiger partial charge in [0.2, 0.25) is 0 Å². The molecule has 3 N–H and O–H groups in total. The molecule has 0 fully saturated rings. The van der Waals surface area contributed by atoms with Crippen LogP contribution in [0.1, 0.15) is 20.3 Å². The summed E-state index contributed by atoms with van der Waals surface area (Å²) >= 11 is 0. The summed E-state index contributed by atoms with van der Waals surface area (Å²) < 4.78 is 0. The van der Waals surface area contributed by atoms with Crippen molar-refractivity contribution in [1.82, 2.24) is 0 Å². The molecule has 0 aromatic carbocycles. The first-order valence-electron chi connectivity index (χ1n) is 2.06. The number of hydrogen-bond donors (Lipinski definition) is 0. The van der Waals surface area contributed by atoms with Gasteiger partial charge in [0.1, 0.15) is 0 Å². The third kappa shape index (κ3) is 55.5. The van der Waals surface area contributed by atoms with Gasteiger partial charge in [-0.1, -0.05) is 19.8 Å². The Balaban J connectivity index is -0.0000000133. The van der Waals surface area contributed by atoms with Gasteiger partial charge in [0, 0.05) is 0 Å². The summed E-state index contributed by atoms with van der Waals surface area (Å²) in [6.45, 7) is 8.00. The molecule has 0 rings (SSSR count). The molecular formula is C5H14O3Ti. The van der Waals surface area contributed by atoms with E-state index in [1.54, 1.807) is 0 Å². The van der Waals surface area contributed by atoms with Crippen molar-refractivity contribution in [2.75, 3.05) is 0 Å². The summed E-state index contributed by atoms with van der Waals surface area (Å²) in [6.07, 6.45) is 1.06. The minimum absolute atomic E-state index is 0. The van der Waals surface area contributed by atoms with E-state index in [9.17, 15) is 0 Å². The molecule has 0 aromatic heterocycles. The van der Waals surface area contributed by atoms with E-state index < -0.39 is 0 Å². The molecule has 0 saturated carbocycles. The predicted molar refractivity (Wildman–Crippen MR) is 30.6 cm³/mol. The van der Waals surface area contributed by atoms with Crippen molar-refractivity contribution in [3.63, 3.8) is 0 Å². The van der Waals surface area contributed by atoms with Gasteiger partial charge >= 0.3 is 21.7 Å². The molecule has 0 saturated heterocycles. The van der Waals surface area contributed by atoms with Gasteiger partial charge in [-0.15, -0.1) is 0 Å². The fraction of sp³-hybridized carbons (Fsp3) is 0.800. The molecule has 0 atom stereocenters. The Hall–Kier alpha value is 0.594. The van der Waals surface area contributed by atoms with Crippen molar-refractivity contribution in [1.29, 1.82) is 0 Å². The molecule has 9 heavy (non-hydrogen) atoms. The molecule has 0 amide bonds. The summed E-state index contributed by atoms with van der Waals surface area (Å²) in [6, 6.07) is 0. The summed E-state index contributed by atoms with van der Waals surface area (Å²) in [5.41, 5.74) is 0. The second kappa shape index (κ2) is 23.5. The summed E-state index contributed by atoms with van der Waals surface area (Å²) in [5.74, 6) is 0.773. The van der Waals surface area contributed by atoms with Crippen molar-refractivity contribution in [2.45, 2.75) is 20.3 Å². The smallest absolute Gasteiger partial charge is 0.870 e. The van der Waals surface area contributed by atoms with E-state index in [-0.39, 0.29) is 38.1 Å². The van der Waals surface area contributed by atoms with Gasteiger partial charge in [0.05, 0.1) is 0 Å². The Morgan fingerprint density at radius 1 is 1.11 bits per heavy atom. The fourth-order valence-corrected chi connectivity index (χ4v) is 0. The molecule has 4 heteroatoms. The van der Waals surface area contributed by atoms with Crippen LogP contribution in [0, 0.1) is 12.8 Å². The predicted octanol–water partition coefficient (Wildman–Crippen LogP) is 1.33. The van der Waals surface area contributed by atoms with Gasteiger partial charge < -0.3 is 23.4 Å². The summed E-state index contributed by atoms with van der Waals surface area (Å²) in [7, 11) is 0. The van der Waals surface area contributed by atoms with Gasteiger partial charge in [-0.2, -0.15) is 6.42 Å². The van der Waals surface area contributed by atoms with Crippen LogP contribution in [-0.2, 0) is 21.7 Å². The average Bonchev–Trinajstić information content (AvgIpc) is 1.38. The molecule has 0 aliphatic rings. The van der Waals surface area contributed by atoms with E-state index in [1.807, 2.05) is 0 Å². The first kappa shape index (κ1) is 33.6. The van der Waals surface area contributed by atoms with Crippen LogP contribution in [0.25, 0.3) is 0 Å². The van der Waals surface area contributed by atoms with E-state index in [0.717, 1.165) is 12.3 Å². The third-order valence-electron chi connectivity index (χ3n) is 0.577. The SMILES string of the molecule is [CH2-]CC(C)C.[OH-].[OH-].[OH-].[Ti+4]. The van der Waals surface area contributed by atoms with Crippen LogP contribution in [0.4, 0.5) is 0 Å². The molecule has 0 bridgehead atoms. The maximum atomic E-state index is 3.69. The zero-order chi connectivity index (χ0) is 4.28. The van der Waals surface area contributed by atoms with Crippen molar-refractivity contribution in [3.8, 4) is 0 Å². The monoisotopic (exact) mass is 170 g/mol. The normalized spacial score (nSPS) is 5.33. The molecule has 0 heterocycles. The fourth-order valence-electron chi connectivity index (χ4n) is 0. The maximum absolute atomic E-state index is 3.69. The first-order valence-corrected chi connectivity index (χ1v) is 2.06. The van der Waals surface area contributed by atoms with Crippen LogP contribution < -0.4 is 0 Å². The van der Waals surface area contributed by atoms with Crippen LogP contribution in [0.15, 0.2) is 0 Å². The van der Waals surface area contributed by atoms with Gasteiger partial charge in [0.25, 0.3) is 0 Å². The molecule has 3 nitrogen and oxygen atoms in total. The minimum atomic E-state index is 0. The molecule has 0 aromatic rings. The van der Waals surface area contributed by atoms with E-state index >= 15 is 0 Å². The molecule has 0 aliphatic heterocycles. The molecule has 0 unspecified atom stereocenters.